The summed E-state index contributed by atoms with van der Waals surface area (Å²) >= 11 is 0. The largest absolute Gasteiger partial charge is 0.469 e. The van der Waals surface area contributed by atoms with E-state index < -0.39 is 35.5 Å². The van der Waals surface area contributed by atoms with E-state index in [2.05, 4.69) is 9.72 Å². The monoisotopic (exact) mass is 324 g/mol. The zero-order valence-electron chi connectivity index (χ0n) is 12.6. The van der Waals surface area contributed by atoms with Gasteiger partial charge in [0.2, 0.25) is 0 Å². The Balaban J connectivity index is 2.17. The predicted octanol–water partition coefficient (Wildman–Crippen LogP) is -0.731. The first-order valence-corrected chi connectivity index (χ1v) is 6.79. The van der Waals surface area contributed by atoms with Crippen molar-refractivity contribution in [2.75, 3.05) is 13.7 Å². The standard InChI is InChI=1S/C14H16N2O7/c1-8(17)22-7-10-3-4-11(23-10)16-6-9(5-12(18)21-2)13(19)15-14(16)20/h3-4,6,10-11H,5,7H2,1-2H3,(H,15,19,20)/t10-,11+/m0/s1. The number of nitrogens with one attached hydrogen (secondary N) is 1. The van der Waals surface area contributed by atoms with Crippen molar-refractivity contribution in [3.63, 3.8) is 0 Å². The van der Waals surface area contributed by atoms with Crippen LogP contribution < -0.4 is 11.2 Å². The van der Waals surface area contributed by atoms with E-state index in [1.54, 1.807) is 12.2 Å². The molecule has 1 aromatic heterocycles. The molecule has 124 valence electrons. The Hall–Kier alpha value is -2.68. The van der Waals surface area contributed by atoms with Gasteiger partial charge in [-0.25, -0.2) is 4.79 Å². The second kappa shape index (κ2) is 7.05. The summed E-state index contributed by atoms with van der Waals surface area (Å²) in [6, 6.07) is 0. The SMILES string of the molecule is COC(=O)Cc1cn([C@H]2C=C[C@@H](COC(C)=O)O2)c(=O)[nH]c1=O. The molecule has 0 bridgehead atoms. The summed E-state index contributed by atoms with van der Waals surface area (Å²) in [6.45, 7) is 1.30. The Morgan fingerprint density at radius 1 is 1.35 bits per heavy atom. The van der Waals surface area contributed by atoms with Crippen molar-refractivity contribution < 1.29 is 23.8 Å². The maximum Gasteiger partial charge on any atom is 0.330 e. The smallest absolute Gasteiger partial charge is 0.330 e. The lowest BCUT2D eigenvalue weighted by Crippen LogP contribution is -2.35. The van der Waals surface area contributed by atoms with Gasteiger partial charge < -0.3 is 14.2 Å². The molecule has 1 aromatic rings. The lowest BCUT2D eigenvalue weighted by Gasteiger charge is -2.16. The zero-order chi connectivity index (χ0) is 17.0. The summed E-state index contributed by atoms with van der Waals surface area (Å²) in [4.78, 5) is 47.8. The molecule has 9 heteroatoms. The Labute approximate surface area is 130 Å². The molecule has 0 fully saturated rings. The molecule has 1 aliphatic rings. The van der Waals surface area contributed by atoms with Crippen molar-refractivity contribution in [3.8, 4) is 0 Å². The molecular weight excluding hydrogens is 308 g/mol. The second-order valence-electron chi connectivity index (χ2n) is 4.83. The number of carbonyl (C=O) groups is 2. The topological polar surface area (TPSA) is 117 Å². The molecule has 2 atom stereocenters. The van der Waals surface area contributed by atoms with Crippen molar-refractivity contribution in [2.24, 2.45) is 0 Å². The van der Waals surface area contributed by atoms with Crippen molar-refractivity contribution in [2.45, 2.75) is 25.7 Å². The Morgan fingerprint density at radius 2 is 2.09 bits per heavy atom. The number of ether oxygens (including phenoxy) is 3. The predicted molar refractivity (Wildman–Crippen MR) is 76.7 cm³/mol. The second-order valence-corrected chi connectivity index (χ2v) is 4.83. The van der Waals surface area contributed by atoms with Gasteiger partial charge in [0.25, 0.3) is 5.56 Å². The lowest BCUT2D eigenvalue weighted by atomic mass is 10.2. The molecule has 0 spiro atoms. The first kappa shape index (κ1) is 16.7. The fraction of sp³-hybridized carbons (Fsp3) is 0.429. The molecule has 0 radical (unpaired) electrons. The highest BCUT2D eigenvalue weighted by molar-refractivity contribution is 5.72. The van der Waals surface area contributed by atoms with Gasteiger partial charge in [0.15, 0.2) is 6.23 Å². The van der Waals surface area contributed by atoms with Crippen LogP contribution in [0.3, 0.4) is 0 Å². The van der Waals surface area contributed by atoms with Gasteiger partial charge >= 0.3 is 17.6 Å². The lowest BCUT2D eigenvalue weighted by molar-refractivity contribution is -0.145. The molecule has 0 unspecified atom stereocenters. The Bertz CT molecular complexity index is 746. The molecule has 0 aliphatic carbocycles. The summed E-state index contributed by atoms with van der Waals surface area (Å²) in [5, 5.41) is 0. The van der Waals surface area contributed by atoms with Gasteiger partial charge in [-0.15, -0.1) is 0 Å². The van der Waals surface area contributed by atoms with Crippen LogP contribution >= 0.6 is 0 Å². The van der Waals surface area contributed by atoms with E-state index in [4.69, 9.17) is 9.47 Å². The molecule has 0 saturated carbocycles. The van der Waals surface area contributed by atoms with Crippen LogP contribution in [-0.2, 0) is 30.2 Å². The van der Waals surface area contributed by atoms with Gasteiger partial charge in [0.1, 0.15) is 12.7 Å². The molecule has 0 amide bonds. The highest BCUT2D eigenvalue weighted by Gasteiger charge is 2.23. The number of carbonyl (C=O) groups excluding carboxylic acids is 2. The first-order chi connectivity index (χ1) is 10.9. The number of aromatic amines is 1. The normalized spacial score (nSPS) is 19.6. The average Bonchev–Trinajstić information content (AvgIpc) is 2.96. The zero-order valence-corrected chi connectivity index (χ0v) is 12.6. The van der Waals surface area contributed by atoms with E-state index in [1.165, 1.54) is 20.2 Å². The van der Waals surface area contributed by atoms with Gasteiger partial charge in [-0.1, -0.05) is 6.08 Å². The maximum absolute atomic E-state index is 11.9. The minimum absolute atomic E-state index is 0.0233. The van der Waals surface area contributed by atoms with Crippen LogP contribution in [0.15, 0.2) is 27.9 Å². The van der Waals surface area contributed by atoms with Crippen LogP contribution in [0, 0.1) is 0 Å². The van der Waals surface area contributed by atoms with Gasteiger partial charge in [0.05, 0.1) is 13.5 Å². The van der Waals surface area contributed by atoms with E-state index in [-0.39, 0.29) is 18.6 Å². The number of H-pyrrole nitrogens is 1. The van der Waals surface area contributed by atoms with Crippen LogP contribution in [-0.4, -0.2) is 41.3 Å². The van der Waals surface area contributed by atoms with Crippen molar-refractivity contribution in [3.05, 3.63) is 44.8 Å². The number of aromatic nitrogens is 2. The Morgan fingerprint density at radius 3 is 2.74 bits per heavy atom. The van der Waals surface area contributed by atoms with Crippen molar-refractivity contribution >= 4 is 11.9 Å². The number of esters is 2. The summed E-state index contributed by atoms with van der Waals surface area (Å²) < 4.78 is 16.0. The number of rotatable bonds is 5. The molecule has 1 N–H and O–H groups in total. The molecule has 2 rings (SSSR count). The third-order valence-corrected chi connectivity index (χ3v) is 3.13. The maximum atomic E-state index is 11.9. The summed E-state index contributed by atoms with van der Waals surface area (Å²) in [6.07, 6.45) is 2.96. The number of nitrogens with zero attached hydrogens (tertiary/aromatic N) is 1. The molecule has 0 saturated heterocycles. The van der Waals surface area contributed by atoms with E-state index in [0.717, 1.165) is 4.57 Å². The van der Waals surface area contributed by atoms with Crippen LogP contribution in [0.25, 0.3) is 0 Å². The van der Waals surface area contributed by atoms with Crippen LogP contribution in [0.1, 0.15) is 18.7 Å². The third-order valence-electron chi connectivity index (χ3n) is 3.13. The average molecular weight is 324 g/mol. The number of methoxy groups -OCH3 is 1. The number of hydrogen-bond donors (Lipinski definition) is 1. The van der Waals surface area contributed by atoms with Gasteiger partial charge in [-0.3, -0.25) is 23.9 Å². The van der Waals surface area contributed by atoms with Crippen LogP contribution in [0.2, 0.25) is 0 Å². The van der Waals surface area contributed by atoms with Gasteiger partial charge in [0, 0.05) is 18.7 Å². The number of hydrogen-bond acceptors (Lipinski definition) is 7. The van der Waals surface area contributed by atoms with E-state index in [9.17, 15) is 19.2 Å². The molecule has 23 heavy (non-hydrogen) atoms. The molecule has 0 aromatic carbocycles. The summed E-state index contributed by atoms with van der Waals surface area (Å²) in [7, 11) is 1.20. The molecule has 1 aliphatic heterocycles. The van der Waals surface area contributed by atoms with Crippen LogP contribution in [0.4, 0.5) is 0 Å². The fourth-order valence-corrected chi connectivity index (χ4v) is 2.01. The van der Waals surface area contributed by atoms with E-state index in [1.807, 2.05) is 0 Å². The summed E-state index contributed by atoms with van der Waals surface area (Å²) in [5.41, 5.74) is -1.25. The summed E-state index contributed by atoms with van der Waals surface area (Å²) in [5.74, 6) is -1.04. The third kappa shape index (κ3) is 4.16. The van der Waals surface area contributed by atoms with Crippen molar-refractivity contribution in [1.29, 1.82) is 0 Å². The highest BCUT2D eigenvalue weighted by Crippen LogP contribution is 2.19. The van der Waals surface area contributed by atoms with Gasteiger partial charge in [-0.05, 0) is 6.08 Å². The highest BCUT2D eigenvalue weighted by atomic mass is 16.6. The Kier molecular flexibility index (Phi) is 5.12. The molecular formula is C14H16N2O7. The van der Waals surface area contributed by atoms with E-state index in [0.29, 0.717) is 0 Å². The fourth-order valence-electron chi connectivity index (χ4n) is 2.01. The minimum Gasteiger partial charge on any atom is -0.469 e. The molecule has 2 heterocycles. The van der Waals surface area contributed by atoms with E-state index >= 15 is 0 Å². The molecule has 9 nitrogen and oxygen atoms in total. The first-order valence-electron chi connectivity index (χ1n) is 6.79. The van der Waals surface area contributed by atoms with Gasteiger partial charge in [-0.2, -0.15) is 0 Å². The van der Waals surface area contributed by atoms with Crippen molar-refractivity contribution in [1.82, 2.24) is 9.55 Å². The van der Waals surface area contributed by atoms with Crippen LogP contribution in [0.5, 0.6) is 0 Å². The quantitative estimate of drug-likeness (QED) is 0.560. The minimum atomic E-state index is -0.767.